The molecular weight excluding hydrogens is 326 g/mol. The van der Waals surface area contributed by atoms with Gasteiger partial charge in [-0.15, -0.1) is 0 Å². The maximum Gasteiger partial charge on any atom is 0.299 e. The molecule has 0 radical (unpaired) electrons. The number of anilines is 1. The van der Waals surface area contributed by atoms with Gasteiger partial charge in [0.15, 0.2) is 0 Å². The van der Waals surface area contributed by atoms with E-state index in [4.69, 9.17) is 0 Å². The average Bonchev–Trinajstić information content (AvgIpc) is 2.62. The van der Waals surface area contributed by atoms with Gasteiger partial charge in [0.2, 0.25) is 0 Å². The first-order valence-electron chi connectivity index (χ1n) is 7.84. The van der Waals surface area contributed by atoms with Crippen LogP contribution in [0.5, 0.6) is 0 Å². The van der Waals surface area contributed by atoms with Gasteiger partial charge in [0.05, 0.1) is 21.6 Å². The van der Waals surface area contributed by atoms with Gasteiger partial charge >= 0.3 is 0 Å². The summed E-state index contributed by atoms with van der Waals surface area (Å²) in [5.74, 6) is 0. The van der Waals surface area contributed by atoms with Gasteiger partial charge in [-0.25, -0.2) is 0 Å². The van der Waals surface area contributed by atoms with E-state index < -0.39 is 9.85 Å². The fourth-order valence-electron chi connectivity index (χ4n) is 2.91. The number of hydrogen-bond acceptors (Lipinski definition) is 7. The quantitative estimate of drug-likeness (QED) is 0.605. The molecule has 0 unspecified atom stereocenters. The van der Waals surface area contributed by atoms with E-state index in [1.54, 1.807) is 6.20 Å². The molecule has 3 rings (SSSR count). The molecule has 1 aliphatic heterocycles. The maximum atomic E-state index is 11.3. The topological polar surface area (TPSA) is 106 Å². The lowest BCUT2D eigenvalue weighted by molar-refractivity contribution is -0.393. The Hall–Kier alpha value is -3.07. The summed E-state index contributed by atoms with van der Waals surface area (Å²) in [5, 5.41) is 22.1. The van der Waals surface area contributed by atoms with Crippen LogP contribution in [0.25, 0.3) is 0 Å². The Labute approximate surface area is 143 Å². The number of nitro groups is 2. The molecule has 9 heteroatoms. The van der Waals surface area contributed by atoms with E-state index >= 15 is 0 Å². The van der Waals surface area contributed by atoms with Crippen LogP contribution in [0.15, 0.2) is 42.6 Å². The highest BCUT2D eigenvalue weighted by atomic mass is 16.6. The van der Waals surface area contributed by atoms with Gasteiger partial charge in [0.1, 0.15) is 5.69 Å². The number of non-ortho nitro benzene ring substituents is 1. The van der Waals surface area contributed by atoms with Crippen LogP contribution in [0.3, 0.4) is 0 Å². The second-order valence-electron chi connectivity index (χ2n) is 5.77. The molecule has 25 heavy (non-hydrogen) atoms. The zero-order valence-corrected chi connectivity index (χ0v) is 13.4. The van der Waals surface area contributed by atoms with Crippen molar-refractivity contribution in [1.82, 2.24) is 9.88 Å². The minimum Gasteiger partial charge on any atom is -0.363 e. The summed E-state index contributed by atoms with van der Waals surface area (Å²) < 4.78 is 0. The van der Waals surface area contributed by atoms with Crippen molar-refractivity contribution in [3.63, 3.8) is 0 Å². The molecule has 1 aromatic heterocycles. The van der Waals surface area contributed by atoms with Gasteiger partial charge in [-0.3, -0.25) is 30.1 Å². The molecule has 0 spiro atoms. The second kappa shape index (κ2) is 7.22. The molecule has 2 heterocycles. The highest BCUT2D eigenvalue weighted by molar-refractivity contribution is 5.67. The number of hydrogen-bond donors (Lipinski definition) is 0. The van der Waals surface area contributed by atoms with Crippen LogP contribution in [-0.4, -0.2) is 45.9 Å². The van der Waals surface area contributed by atoms with Crippen LogP contribution < -0.4 is 4.90 Å². The normalized spacial score (nSPS) is 15.1. The van der Waals surface area contributed by atoms with Gasteiger partial charge in [0.25, 0.3) is 11.4 Å². The van der Waals surface area contributed by atoms with Gasteiger partial charge in [-0.1, -0.05) is 6.07 Å². The Balaban J connectivity index is 1.70. The minimum absolute atomic E-state index is 0.229. The number of rotatable bonds is 5. The number of pyridine rings is 1. The summed E-state index contributed by atoms with van der Waals surface area (Å²) in [6.45, 7) is 3.45. The number of nitrogens with zero attached hydrogens (tertiary/aromatic N) is 5. The molecular formula is C16H17N5O4. The van der Waals surface area contributed by atoms with E-state index in [2.05, 4.69) is 9.88 Å². The molecule has 0 amide bonds. The van der Waals surface area contributed by atoms with E-state index in [0.717, 1.165) is 31.4 Å². The number of nitro benzene ring substituents is 2. The second-order valence-corrected chi connectivity index (χ2v) is 5.77. The van der Waals surface area contributed by atoms with E-state index in [0.29, 0.717) is 18.8 Å². The number of aromatic nitrogens is 1. The molecule has 0 atom stereocenters. The Bertz CT molecular complexity index is 775. The molecule has 0 aliphatic carbocycles. The fraction of sp³-hybridized carbons (Fsp3) is 0.312. The van der Waals surface area contributed by atoms with Crippen molar-refractivity contribution in [3.8, 4) is 0 Å². The number of piperazine rings is 1. The lowest BCUT2D eigenvalue weighted by atomic mass is 10.2. The average molecular weight is 343 g/mol. The zero-order chi connectivity index (χ0) is 17.8. The summed E-state index contributed by atoms with van der Waals surface area (Å²) >= 11 is 0. The summed E-state index contributed by atoms with van der Waals surface area (Å²) in [6.07, 6.45) is 1.76. The predicted molar refractivity (Wildman–Crippen MR) is 91.5 cm³/mol. The fourth-order valence-corrected chi connectivity index (χ4v) is 2.91. The molecule has 0 bridgehead atoms. The van der Waals surface area contributed by atoms with Crippen molar-refractivity contribution in [2.24, 2.45) is 0 Å². The SMILES string of the molecule is O=[N+]([O-])c1ccc(N2CCN(Cc3ccccn3)CC2)c([N+](=O)[O-])c1. The van der Waals surface area contributed by atoms with Crippen molar-refractivity contribution in [1.29, 1.82) is 0 Å². The third-order valence-electron chi connectivity index (χ3n) is 4.19. The minimum atomic E-state index is -0.623. The highest BCUT2D eigenvalue weighted by Gasteiger charge is 2.26. The van der Waals surface area contributed by atoms with Crippen LogP contribution in [-0.2, 0) is 6.54 Å². The molecule has 9 nitrogen and oxygen atoms in total. The van der Waals surface area contributed by atoms with Crippen LogP contribution in [0.2, 0.25) is 0 Å². The zero-order valence-electron chi connectivity index (χ0n) is 13.4. The molecule has 1 aromatic carbocycles. The smallest absolute Gasteiger partial charge is 0.299 e. The maximum absolute atomic E-state index is 11.3. The first kappa shape index (κ1) is 16.8. The summed E-state index contributed by atoms with van der Waals surface area (Å²) in [4.78, 5) is 29.4. The first-order chi connectivity index (χ1) is 12.0. The van der Waals surface area contributed by atoms with Crippen LogP contribution in [0.1, 0.15) is 5.69 Å². The highest BCUT2D eigenvalue weighted by Crippen LogP contribution is 2.32. The molecule has 1 aliphatic rings. The number of benzene rings is 1. The van der Waals surface area contributed by atoms with Crippen molar-refractivity contribution in [2.75, 3.05) is 31.1 Å². The summed E-state index contributed by atoms with van der Waals surface area (Å²) in [7, 11) is 0. The van der Waals surface area contributed by atoms with E-state index in [9.17, 15) is 20.2 Å². The van der Waals surface area contributed by atoms with Crippen LogP contribution >= 0.6 is 0 Å². The Morgan fingerprint density at radius 3 is 2.36 bits per heavy atom. The van der Waals surface area contributed by atoms with E-state index in [-0.39, 0.29) is 11.4 Å². The van der Waals surface area contributed by atoms with E-state index in [1.165, 1.54) is 12.1 Å². The monoisotopic (exact) mass is 343 g/mol. The van der Waals surface area contributed by atoms with Gasteiger partial charge in [-0.05, 0) is 18.2 Å². The van der Waals surface area contributed by atoms with Crippen molar-refractivity contribution < 1.29 is 9.85 Å². The predicted octanol–water partition coefficient (Wildman–Crippen LogP) is 2.22. The molecule has 2 aromatic rings. The summed E-state index contributed by atoms with van der Waals surface area (Å²) in [6, 6.07) is 9.57. The third-order valence-corrected chi connectivity index (χ3v) is 4.19. The van der Waals surface area contributed by atoms with Gasteiger partial charge < -0.3 is 4.90 Å². The Morgan fingerprint density at radius 1 is 1.00 bits per heavy atom. The van der Waals surface area contributed by atoms with Crippen molar-refractivity contribution in [3.05, 3.63) is 68.5 Å². The lowest BCUT2D eigenvalue weighted by Crippen LogP contribution is -2.46. The van der Waals surface area contributed by atoms with Crippen LogP contribution in [0, 0.1) is 20.2 Å². The third kappa shape index (κ3) is 3.89. The lowest BCUT2D eigenvalue weighted by Gasteiger charge is -2.35. The molecule has 0 saturated carbocycles. The van der Waals surface area contributed by atoms with Crippen molar-refractivity contribution >= 4 is 17.1 Å². The van der Waals surface area contributed by atoms with Gasteiger partial charge in [0, 0.05) is 45.0 Å². The largest absolute Gasteiger partial charge is 0.363 e. The van der Waals surface area contributed by atoms with Gasteiger partial charge in [-0.2, -0.15) is 0 Å². The molecule has 1 fully saturated rings. The van der Waals surface area contributed by atoms with Crippen molar-refractivity contribution in [2.45, 2.75) is 6.54 Å². The summed E-state index contributed by atoms with van der Waals surface area (Å²) in [5.41, 5.74) is 0.905. The molecule has 130 valence electrons. The molecule has 0 N–H and O–H groups in total. The Kier molecular flexibility index (Phi) is 4.85. The Morgan fingerprint density at radius 2 is 1.76 bits per heavy atom. The standard InChI is InChI=1S/C16H17N5O4/c22-20(23)14-4-5-15(16(11-14)21(24)25)19-9-7-18(8-10-19)12-13-3-1-2-6-17-13/h1-6,11H,7-10,12H2. The molecule has 1 saturated heterocycles. The van der Waals surface area contributed by atoms with E-state index in [1.807, 2.05) is 23.1 Å². The first-order valence-corrected chi connectivity index (χ1v) is 7.84. The van der Waals surface area contributed by atoms with Crippen LogP contribution in [0.4, 0.5) is 17.1 Å².